The third-order valence-corrected chi connectivity index (χ3v) is 4.00. The predicted octanol–water partition coefficient (Wildman–Crippen LogP) is 3.61. The molecule has 0 heterocycles. The van der Waals surface area contributed by atoms with Gasteiger partial charge in [-0.15, -0.1) is 0 Å². The molecular formula is C21H24N2O4. The molecule has 0 unspecified atom stereocenters. The van der Waals surface area contributed by atoms with E-state index in [9.17, 15) is 19.5 Å². The molecule has 0 saturated heterocycles. The van der Waals surface area contributed by atoms with Crippen LogP contribution in [-0.2, 0) is 11.3 Å². The van der Waals surface area contributed by atoms with E-state index < -0.39 is 17.3 Å². The van der Waals surface area contributed by atoms with Crippen LogP contribution in [0.5, 0.6) is 0 Å². The third kappa shape index (κ3) is 5.41. The number of carbonyl (C=O) groups excluding carboxylic acids is 2. The van der Waals surface area contributed by atoms with Crippen LogP contribution in [0.4, 0.5) is 5.69 Å². The van der Waals surface area contributed by atoms with Crippen molar-refractivity contribution < 1.29 is 19.5 Å². The highest BCUT2D eigenvalue weighted by Crippen LogP contribution is 2.19. The molecule has 0 spiro atoms. The van der Waals surface area contributed by atoms with Gasteiger partial charge in [0, 0.05) is 17.5 Å². The molecule has 0 fully saturated rings. The summed E-state index contributed by atoms with van der Waals surface area (Å²) in [7, 11) is 0. The number of carboxylic acid groups (broad SMARTS) is 1. The molecule has 6 heteroatoms. The smallest absolute Gasteiger partial charge is 0.337 e. The second-order valence-corrected chi connectivity index (χ2v) is 7.44. The highest BCUT2D eigenvalue weighted by atomic mass is 16.4. The molecule has 0 aliphatic heterocycles. The Bertz CT molecular complexity index is 865. The van der Waals surface area contributed by atoms with E-state index in [1.54, 1.807) is 43.3 Å². The zero-order valence-corrected chi connectivity index (χ0v) is 15.9. The molecule has 2 aromatic carbocycles. The lowest BCUT2D eigenvalue weighted by Gasteiger charge is -2.17. The van der Waals surface area contributed by atoms with Crippen molar-refractivity contribution in [1.82, 2.24) is 5.32 Å². The molecule has 2 aromatic rings. The maximum atomic E-state index is 12.4. The van der Waals surface area contributed by atoms with Gasteiger partial charge in [-0.2, -0.15) is 0 Å². The highest BCUT2D eigenvalue weighted by molar-refractivity contribution is 6.07. The maximum Gasteiger partial charge on any atom is 0.337 e. The van der Waals surface area contributed by atoms with Crippen molar-refractivity contribution in [2.45, 2.75) is 34.2 Å². The minimum absolute atomic E-state index is 0.0462. The topological polar surface area (TPSA) is 95.5 Å². The average Bonchev–Trinajstić information content (AvgIpc) is 2.60. The molecule has 3 N–H and O–H groups in total. The van der Waals surface area contributed by atoms with Crippen LogP contribution in [0.15, 0.2) is 42.5 Å². The predicted molar refractivity (Wildman–Crippen MR) is 104 cm³/mol. The lowest BCUT2D eigenvalue weighted by molar-refractivity contribution is -0.128. The minimum atomic E-state index is -1.10. The van der Waals surface area contributed by atoms with Gasteiger partial charge >= 0.3 is 5.97 Å². The molecule has 27 heavy (non-hydrogen) atoms. The van der Waals surface area contributed by atoms with Crippen LogP contribution in [0.1, 0.15) is 52.6 Å². The molecule has 0 aromatic heterocycles. The van der Waals surface area contributed by atoms with E-state index in [0.717, 1.165) is 11.1 Å². The van der Waals surface area contributed by atoms with Gasteiger partial charge in [0.05, 0.1) is 11.3 Å². The molecule has 0 aliphatic carbocycles. The first-order valence-corrected chi connectivity index (χ1v) is 8.60. The molecule has 0 atom stereocenters. The van der Waals surface area contributed by atoms with Crippen molar-refractivity contribution in [3.63, 3.8) is 0 Å². The van der Waals surface area contributed by atoms with Gasteiger partial charge in [0.1, 0.15) is 0 Å². The quantitative estimate of drug-likeness (QED) is 0.751. The van der Waals surface area contributed by atoms with Crippen molar-refractivity contribution >= 4 is 23.5 Å². The molecular weight excluding hydrogens is 344 g/mol. The van der Waals surface area contributed by atoms with E-state index in [2.05, 4.69) is 10.6 Å². The normalized spacial score (nSPS) is 11.0. The summed E-state index contributed by atoms with van der Waals surface area (Å²) in [4.78, 5) is 35.7. The fourth-order valence-corrected chi connectivity index (χ4v) is 2.36. The number of aryl methyl sites for hydroxylation is 1. The van der Waals surface area contributed by atoms with Crippen molar-refractivity contribution in [2.24, 2.45) is 5.41 Å². The highest BCUT2D eigenvalue weighted by Gasteiger charge is 2.20. The average molecular weight is 368 g/mol. The molecule has 2 amide bonds. The van der Waals surface area contributed by atoms with Crippen LogP contribution in [0.2, 0.25) is 0 Å². The lowest BCUT2D eigenvalue weighted by atomic mass is 9.95. The monoisotopic (exact) mass is 368 g/mol. The van der Waals surface area contributed by atoms with Gasteiger partial charge in [0.25, 0.3) is 5.91 Å². The Morgan fingerprint density at radius 3 is 2.19 bits per heavy atom. The maximum absolute atomic E-state index is 12.4. The Hall–Kier alpha value is -3.15. The van der Waals surface area contributed by atoms with Gasteiger partial charge in [-0.3, -0.25) is 9.59 Å². The summed E-state index contributed by atoms with van der Waals surface area (Å²) in [6.45, 7) is 7.68. The first-order valence-electron chi connectivity index (χ1n) is 8.60. The first-order chi connectivity index (χ1) is 12.6. The molecule has 0 bridgehead atoms. The number of hydrogen-bond acceptors (Lipinski definition) is 3. The van der Waals surface area contributed by atoms with E-state index in [4.69, 9.17) is 0 Å². The fraction of sp³-hybridized carbons (Fsp3) is 0.286. The van der Waals surface area contributed by atoms with Crippen molar-refractivity contribution in [3.8, 4) is 0 Å². The number of hydrogen-bond donors (Lipinski definition) is 3. The summed E-state index contributed by atoms with van der Waals surface area (Å²) in [5.41, 5.74) is 1.90. The number of amides is 2. The lowest BCUT2D eigenvalue weighted by Crippen LogP contribution is -2.34. The second-order valence-electron chi connectivity index (χ2n) is 7.44. The number of anilines is 1. The molecule has 0 radical (unpaired) electrons. The molecule has 2 rings (SSSR count). The SMILES string of the molecule is Cc1ccc(NC(=O)c2ccc(CNC(=O)C(C)(C)C)cc2)c(C(=O)O)c1. The van der Waals surface area contributed by atoms with E-state index in [0.29, 0.717) is 12.1 Å². The van der Waals surface area contributed by atoms with E-state index in [1.165, 1.54) is 6.07 Å². The van der Waals surface area contributed by atoms with Gasteiger partial charge in [-0.05, 0) is 36.8 Å². The van der Waals surface area contributed by atoms with Gasteiger partial charge < -0.3 is 15.7 Å². The summed E-state index contributed by atoms with van der Waals surface area (Å²) in [5.74, 6) is -1.55. The van der Waals surface area contributed by atoms with Crippen molar-refractivity contribution in [3.05, 3.63) is 64.7 Å². The molecule has 6 nitrogen and oxygen atoms in total. The summed E-state index contributed by atoms with van der Waals surface area (Å²) in [6, 6.07) is 11.6. The number of rotatable bonds is 5. The summed E-state index contributed by atoms with van der Waals surface area (Å²) in [5, 5.41) is 14.8. The van der Waals surface area contributed by atoms with E-state index >= 15 is 0 Å². The second kappa shape index (κ2) is 8.03. The summed E-state index contributed by atoms with van der Waals surface area (Å²) >= 11 is 0. The zero-order chi connectivity index (χ0) is 20.2. The standard InChI is InChI=1S/C21H24N2O4/c1-13-5-10-17(16(11-13)19(25)26)23-18(24)15-8-6-14(7-9-15)12-22-20(27)21(2,3)4/h5-11H,12H2,1-4H3,(H,22,27)(H,23,24)(H,25,26). The Morgan fingerprint density at radius 1 is 1.00 bits per heavy atom. The summed E-state index contributed by atoms with van der Waals surface area (Å²) in [6.07, 6.45) is 0. The first kappa shape index (κ1) is 20.2. The largest absolute Gasteiger partial charge is 0.478 e. The minimum Gasteiger partial charge on any atom is -0.478 e. The van der Waals surface area contributed by atoms with Gasteiger partial charge in [-0.25, -0.2) is 4.79 Å². The molecule has 142 valence electrons. The Balaban J connectivity index is 2.06. The number of aromatic carboxylic acids is 1. The van der Waals surface area contributed by atoms with E-state index in [1.807, 2.05) is 20.8 Å². The number of benzene rings is 2. The van der Waals surface area contributed by atoms with Gasteiger partial charge in [-0.1, -0.05) is 44.5 Å². The van der Waals surface area contributed by atoms with Gasteiger partial charge in [0.15, 0.2) is 0 Å². The van der Waals surface area contributed by atoms with Crippen LogP contribution in [-0.4, -0.2) is 22.9 Å². The summed E-state index contributed by atoms with van der Waals surface area (Å²) < 4.78 is 0. The van der Waals surface area contributed by atoms with Crippen LogP contribution in [0.25, 0.3) is 0 Å². The van der Waals surface area contributed by atoms with Gasteiger partial charge in [0.2, 0.25) is 5.91 Å². The number of carbonyl (C=O) groups is 3. The zero-order valence-electron chi connectivity index (χ0n) is 15.9. The van der Waals surface area contributed by atoms with Crippen LogP contribution >= 0.6 is 0 Å². The molecule has 0 saturated carbocycles. The fourth-order valence-electron chi connectivity index (χ4n) is 2.36. The van der Waals surface area contributed by atoms with E-state index in [-0.39, 0.29) is 17.2 Å². The molecule has 0 aliphatic rings. The Morgan fingerprint density at radius 2 is 1.63 bits per heavy atom. The third-order valence-electron chi connectivity index (χ3n) is 4.00. The van der Waals surface area contributed by atoms with Crippen LogP contribution in [0, 0.1) is 12.3 Å². The van der Waals surface area contributed by atoms with Crippen molar-refractivity contribution in [2.75, 3.05) is 5.32 Å². The van der Waals surface area contributed by atoms with Crippen LogP contribution < -0.4 is 10.6 Å². The van der Waals surface area contributed by atoms with Crippen LogP contribution in [0.3, 0.4) is 0 Å². The Kier molecular flexibility index (Phi) is 6.00. The Labute approximate surface area is 158 Å². The number of nitrogens with one attached hydrogen (secondary N) is 2. The van der Waals surface area contributed by atoms with Crippen molar-refractivity contribution in [1.29, 1.82) is 0 Å². The number of carboxylic acids is 1.